The molecule has 1 unspecified atom stereocenters. The van der Waals surface area contributed by atoms with E-state index in [2.05, 4.69) is 59.7 Å². The number of aromatic nitrogens is 1. The maximum absolute atomic E-state index is 13.0. The number of hydrazone groups is 1. The lowest BCUT2D eigenvalue weighted by molar-refractivity contribution is -0.114. The van der Waals surface area contributed by atoms with Gasteiger partial charge in [-0.2, -0.15) is 15.1 Å². The van der Waals surface area contributed by atoms with Crippen LogP contribution in [0.4, 0.5) is 0 Å². The highest BCUT2D eigenvalue weighted by Crippen LogP contribution is 2.33. The van der Waals surface area contributed by atoms with Crippen LogP contribution in [0.3, 0.4) is 0 Å². The summed E-state index contributed by atoms with van der Waals surface area (Å²) in [5.74, 6) is 0.157. The molecule has 2 aromatic carbocycles. The van der Waals surface area contributed by atoms with Crippen molar-refractivity contribution in [1.82, 2.24) is 9.58 Å². The van der Waals surface area contributed by atoms with Crippen molar-refractivity contribution >= 4 is 39.8 Å². The van der Waals surface area contributed by atoms with Gasteiger partial charge in [-0.05, 0) is 85.8 Å². The number of fused-ring (bicyclic) bond motifs is 1. The van der Waals surface area contributed by atoms with Crippen molar-refractivity contribution in [2.45, 2.75) is 47.0 Å². The topological polar surface area (TPSA) is 73.8 Å². The predicted octanol–water partition coefficient (Wildman–Crippen LogP) is 6.58. The van der Waals surface area contributed by atoms with E-state index in [1.54, 1.807) is 6.08 Å². The molecule has 0 fully saturated rings. The zero-order chi connectivity index (χ0) is 25.6. The third kappa shape index (κ3) is 4.13. The van der Waals surface area contributed by atoms with Crippen LogP contribution in [-0.4, -0.2) is 31.5 Å². The molecule has 0 saturated carbocycles. The highest BCUT2D eigenvalue weighted by atomic mass is 32.2. The Morgan fingerprint density at radius 1 is 1.08 bits per heavy atom. The minimum atomic E-state index is -0.414. The zero-order valence-corrected chi connectivity index (χ0v) is 22.0. The summed E-state index contributed by atoms with van der Waals surface area (Å²) in [5, 5.41) is 16.0. The molecule has 36 heavy (non-hydrogen) atoms. The van der Waals surface area contributed by atoms with Gasteiger partial charge in [0.15, 0.2) is 5.84 Å². The Balaban J connectivity index is 1.48. The Labute approximate surface area is 215 Å². The summed E-state index contributed by atoms with van der Waals surface area (Å²) in [7, 11) is 0. The van der Waals surface area contributed by atoms with E-state index in [1.807, 2.05) is 44.2 Å². The maximum Gasteiger partial charge on any atom is 0.283 e. The molecule has 1 N–H and O–H groups in total. The third-order valence-corrected chi connectivity index (χ3v) is 7.87. The minimum Gasteiger partial charge on any atom is -0.318 e. The fourth-order valence-electron chi connectivity index (χ4n) is 4.59. The number of hydrogen-bond acceptors (Lipinski definition) is 4. The van der Waals surface area contributed by atoms with Crippen LogP contribution in [-0.2, 0) is 4.79 Å². The predicted molar refractivity (Wildman–Crippen MR) is 149 cm³/mol. The average Bonchev–Trinajstić information content (AvgIpc) is 3.41. The smallest absolute Gasteiger partial charge is 0.283 e. The molecular weight excluding hydrogens is 466 g/mol. The van der Waals surface area contributed by atoms with Crippen LogP contribution in [0.5, 0.6) is 0 Å². The average molecular weight is 496 g/mol. The van der Waals surface area contributed by atoms with Crippen LogP contribution < -0.4 is 0 Å². The molecule has 0 bridgehead atoms. The van der Waals surface area contributed by atoms with Gasteiger partial charge in [-0.1, -0.05) is 50.2 Å². The number of nitrogens with zero attached hydrogens (tertiary/aromatic N) is 4. The van der Waals surface area contributed by atoms with Crippen LogP contribution >= 0.6 is 11.8 Å². The van der Waals surface area contributed by atoms with Gasteiger partial charge in [0.05, 0.1) is 5.57 Å². The first kappa shape index (κ1) is 24.0. The summed E-state index contributed by atoms with van der Waals surface area (Å²) >= 11 is 1.32. The molecule has 2 aliphatic rings. The van der Waals surface area contributed by atoms with E-state index >= 15 is 0 Å². The number of aryl methyl sites for hydroxylation is 2. The van der Waals surface area contributed by atoms with Gasteiger partial charge in [0, 0.05) is 22.6 Å². The molecule has 1 amide bonds. The lowest BCUT2D eigenvalue weighted by atomic mass is 9.98. The molecule has 3 aromatic rings. The Morgan fingerprint density at radius 3 is 2.50 bits per heavy atom. The monoisotopic (exact) mass is 495 g/mol. The van der Waals surface area contributed by atoms with Gasteiger partial charge >= 0.3 is 0 Å². The van der Waals surface area contributed by atoms with Crippen molar-refractivity contribution < 1.29 is 4.79 Å². The number of thioether (sulfide) groups is 1. The van der Waals surface area contributed by atoms with Crippen LogP contribution in [0.2, 0.25) is 0 Å². The summed E-state index contributed by atoms with van der Waals surface area (Å²) in [4.78, 5) is 17.2. The number of carbonyl (C=O) groups excluding carboxylic acids is 1. The summed E-state index contributed by atoms with van der Waals surface area (Å²) in [6, 6.07) is 18.7. The van der Waals surface area contributed by atoms with E-state index in [4.69, 9.17) is 5.41 Å². The molecule has 0 saturated heterocycles. The SMILES string of the molecule is CCC(C)c1ccc(-n2c(C)cc(C=C3C(=N)N4N=C(c5ccccc5C)SC4=NC3=O)c2C)cc1. The van der Waals surface area contributed by atoms with Crippen LogP contribution in [0, 0.1) is 26.2 Å². The molecule has 0 spiro atoms. The van der Waals surface area contributed by atoms with Crippen molar-refractivity contribution in [3.8, 4) is 5.69 Å². The van der Waals surface area contributed by atoms with Crippen molar-refractivity contribution in [3.63, 3.8) is 0 Å². The second kappa shape index (κ2) is 9.39. The summed E-state index contributed by atoms with van der Waals surface area (Å²) < 4.78 is 2.18. The summed E-state index contributed by atoms with van der Waals surface area (Å²) in [6.45, 7) is 10.5. The van der Waals surface area contributed by atoms with E-state index < -0.39 is 5.91 Å². The van der Waals surface area contributed by atoms with Crippen LogP contribution in [0.1, 0.15) is 59.8 Å². The molecule has 1 aromatic heterocycles. The lowest BCUT2D eigenvalue weighted by Crippen LogP contribution is -2.35. The van der Waals surface area contributed by atoms with E-state index in [-0.39, 0.29) is 11.4 Å². The van der Waals surface area contributed by atoms with E-state index in [9.17, 15) is 4.79 Å². The number of hydrogen-bond donors (Lipinski definition) is 1. The molecule has 5 rings (SSSR count). The van der Waals surface area contributed by atoms with Crippen LogP contribution in [0.25, 0.3) is 11.8 Å². The molecular formula is C29H29N5OS. The van der Waals surface area contributed by atoms with Crippen molar-refractivity contribution in [1.29, 1.82) is 5.41 Å². The number of rotatable bonds is 5. The first-order valence-electron chi connectivity index (χ1n) is 12.1. The van der Waals surface area contributed by atoms with Crippen molar-refractivity contribution in [2.75, 3.05) is 0 Å². The van der Waals surface area contributed by atoms with Gasteiger partial charge in [0.1, 0.15) is 5.04 Å². The number of aliphatic imine (C=N–C) groups is 1. The van der Waals surface area contributed by atoms with Gasteiger partial charge in [-0.3, -0.25) is 10.2 Å². The number of benzene rings is 2. The molecule has 7 heteroatoms. The quantitative estimate of drug-likeness (QED) is 0.406. The van der Waals surface area contributed by atoms with E-state index in [0.717, 1.165) is 45.2 Å². The first-order valence-corrected chi connectivity index (χ1v) is 13.0. The normalized spacial score (nSPS) is 17.4. The molecule has 1 atom stereocenters. The van der Waals surface area contributed by atoms with E-state index in [0.29, 0.717) is 11.1 Å². The fourth-order valence-corrected chi connectivity index (χ4v) is 5.57. The third-order valence-electron chi connectivity index (χ3n) is 6.93. The van der Waals surface area contributed by atoms with Gasteiger partial charge < -0.3 is 4.57 Å². The van der Waals surface area contributed by atoms with Gasteiger partial charge in [0.2, 0.25) is 5.17 Å². The highest BCUT2D eigenvalue weighted by molar-refractivity contribution is 8.27. The highest BCUT2D eigenvalue weighted by Gasteiger charge is 2.36. The Kier molecular flexibility index (Phi) is 6.26. The second-order valence-corrected chi connectivity index (χ2v) is 10.3. The standard InChI is InChI=1S/C29H29N5OS/c1-6-17(2)21-11-13-23(14-12-21)33-19(4)15-22(20(33)5)16-25-26(30)34-29(31-27(25)35)36-28(32-34)24-10-8-7-9-18(24)3/h7-17,30H,6H2,1-5H3. The first-order chi connectivity index (χ1) is 17.3. The van der Waals surface area contributed by atoms with Crippen molar-refractivity contribution in [2.24, 2.45) is 10.1 Å². The number of carbonyl (C=O) groups is 1. The Bertz CT molecular complexity index is 1480. The molecule has 2 aliphatic heterocycles. The van der Waals surface area contributed by atoms with Gasteiger partial charge in [-0.15, -0.1) is 0 Å². The molecule has 0 aliphatic carbocycles. The fraction of sp³-hybridized carbons (Fsp3) is 0.241. The lowest BCUT2D eigenvalue weighted by Gasteiger charge is -2.20. The molecule has 182 valence electrons. The van der Waals surface area contributed by atoms with Gasteiger partial charge in [0.25, 0.3) is 5.91 Å². The minimum absolute atomic E-state index is 0.0452. The molecule has 6 nitrogen and oxygen atoms in total. The second-order valence-electron chi connectivity index (χ2n) is 9.30. The van der Waals surface area contributed by atoms with Crippen molar-refractivity contribution in [3.05, 3.63) is 93.8 Å². The summed E-state index contributed by atoms with van der Waals surface area (Å²) in [5.41, 5.74) is 7.67. The maximum atomic E-state index is 13.0. The Morgan fingerprint density at radius 2 is 1.81 bits per heavy atom. The largest absolute Gasteiger partial charge is 0.318 e. The molecule has 0 radical (unpaired) electrons. The molecule has 3 heterocycles. The van der Waals surface area contributed by atoms with E-state index in [1.165, 1.54) is 22.3 Å². The van der Waals surface area contributed by atoms with Crippen LogP contribution in [0.15, 0.2) is 70.3 Å². The number of nitrogens with one attached hydrogen (secondary N) is 1. The summed E-state index contributed by atoms with van der Waals surface area (Å²) in [6.07, 6.45) is 2.87. The Hall–Kier alpha value is -3.71. The number of amidine groups is 2. The number of amides is 1. The van der Waals surface area contributed by atoms with Gasteiger partial charge in [-0.25, -0.2) is 0 Å². The zero-order valence-electron chi connectivity index (χ0n) is 21.2.